The average Bonchev–Trinajstić information content (AvgIpc) is 2.62. The molecule has 0 bridgehead atoms. The summed E-state index contributed by atoms with van der Waals surface area (Å²) in [7, 11) is -2.00. The molecule has 2 heterocycles. The van der Waals surface area contributed by atoms with E-state index in [2.05, 4.69) is 40.8 Å². The third-order valence-electron chi connectivity index (χ3n) is 6.60. The maximum absolute atomic E-state index is 9.66. The summed E-state index contributed by atoms with van der Waals surface area (Å²) in [6, 6.07) is 10.0. The molecule has 0 aromatic heterocycles. The second-order valence-electron chi connectivity index (χ2n) is 9.80. The molecule has 6 heteroatoms. The summed E-state index contributed by atoms with van der Waals surface area (Å²) in [4.78, 5) is 0. The van der Waals surface area contributed by atoms with E-state index in [0.29, 0.717) is 13.0 Å². The summed E-state index contributed by atoms with van der Waals surface area (Å²) in [6.07, 6.45) is 0.576. The first kappa shape index (κ1) is 21.9. The van der Waals surface area contributed by atoms with Crippen molar-refractivity contribution < 1.29 is 23.7 Å². The van der Waals surface area contributed by atoms with Gasteiger partial charge in [0, 0.05) is 25.0 Å². The summed E-state index contributed by atoms with van der Waals surface area (Å²) in [5.74, 6) is 0. The topological polar surface area (TPSA) is 57.2 Å². The van der Waals surface area contributed by atoms with Gasteiger partial charge < -0.3 is 23.7 Å². The van der Waals surface area contributed by atoms with Crippen LogP contribution in [-0.2, 0) is 18.6 Å². The first-order chi connectivity index (χ1) is 13.1. The molecule has 1 aromatic rings. The van der Waals surface area contributed by atoms with Gasteiger partial charge in [0.25, 0.3) is 0 Å². The van der Waals surface area contributed by atoms with Crippen LogP contribution >= 0.6 is 0 Å². The number of fused-ring (bicyclic) bond motifs is 1. The van der Waals surface area contributed by atoms with Crippen molar-refractivity contribution in [3.8, 4) is 0 Å². The molecule has 5 nitrogen and oxygen atoms in total. The minimum Gasteiger partial charge on any atom is -0.411 e. The highest BCUT2D eigenvalue weighted by atomic mass is 28.4. The van der Waals surface area contributed by atoms with E-state index in [1.807, 2.05) is 30.3 Å². The number of benzene rings is 1. The third kappa shape index (κ3) is 4.53. The van der Waals surface area contributed by atoms with E-state index >= 15 is 0 Å². The van der Waals surface area contributed by atoms with Crippen LogP contribution in [-0.4, -0.2) is 50.6 Å². The van der Waals surface area contributed by atoms with Gasteiger partial charge in [0.05, 0.1) is 24.4 Å². The highest BCUT2D eigenvalue weighted by Gasteiger charge is 2.52. The molecule has 2 saturated heterocycles. The Morgan fingerprint density at radius 1 is 1.18 bits per heavy atom. The molecule has 1 aromatic carbocycles. The number of ether oxygens (including phenoxy) is 3. The lowest BCUT2D eigenvalue weighted by molar-refractivity contribution is -0.320. The van der Waals surface area contributed by atoms with E-state index in [9.17, 15) is 5.11 Å². The van der Waals surface area contributed by atoms with Crippen LogP contribution in [0.1, 0.15) is 52.4 Å². The van der Waals surface area contributed by atoms with Crippen LogP contribution in [0.4, 0.5) is 0 Å². The molecular weight excluding hydrogens is 372 g/mol. The first-order valence-corrected chi connectivity index (χ1v) is 13.2. The molecule has 0 spiro atoms. The summed E-state index contributed by atoms with van der Waals surface area (Å²) >= 11 is 0. The number of hydrogen-bond acceptors (Lipinski definition) is 5. The van der Waals surface area contributed by atoms with E-state index < -0.39 is 13.9 Å². The Morgan fingerprint density at radius 2 is 1.86 bits per heavy atom. The van der Waals surface area contributed by atoms with Crippen molar-refractivity contribution in [1.82, 2.24) is 0 Å². The Kier molecular flexibility index (Phi) is 6.40. The molecule has 5 atom stereocenters. The zero-order chi connectivity index (χ0) is 20.6. The van der Waals surface area contributed by atoms with Gasteiger partial charge in [0.15, 0.2) is 14.6 Å². The van der Waals surface area contributed by atoms with Gasteiger partial charge in [-0.15, -0.1) is 0 Å². The molecule has 158 valence electrons. The molecule has 0 amide bonds. The van der Waals surface area contributed by atoms with Gasteiger partial charge in [-0.2, -0.15) is 0 Å². The number of aliphatic hydroxyl groups excluding tert-OH is 1. The van der Waals surface area contributed by atoms with E-state index in [1.165, 1.54) is 0 Å². The monoisotopic (exact) mass is 408 g/mol. The van der Waals surface area contributed by atoms with Crippen LogP contribution in [0.15, 0.2) is 30.3 Å². The van der Waals surface area contributed by atoms with Crippen molar-refractivity contribution >= 4 is 8.32 Å². The molecule has 1 N–H and O–H groups in total. The maximum atomic E-state index is 9.66. The lowest BCUT2D eigenvalue weighted by Crippen LogP contribution is -2.62. The maximum Gasteiger partial charge on any atom is 0.192 e. The van der Waals surface area contributed by atoms with Crippen molar-refractivity contribution in [2.24, 2.45) is 0 Å². The van der Waals surface area contributed by atoms with Gasteiger partial charge in [-0.25, -0.2) is 0 Å². The molecule has 0 saturated carbocycles. The van der Waals surface area contributed by atoms with Crippen molar-refractivity contribution in [2.45, 2.75) is 88.9 Å². The van der Waals surface area contributed by atoms with Gasteiger partial charge in [0.2, 0.25) is 0 Å². The van der Waals surface area contributed by atoms with Gasteiger partial charge in [0.1, 0.15) is 6.10 Å². The average molecular weight is 409 g/mol. The van der Waals surface area contributed by atoms with Crippen LogP contribution in [0, 0.1) is 0 Å². The lowest BCUT2D eigenvalue weighted by atomic mass is 9.86. The Hall–Kier alpha value is -0.763. The molecular formula is C22H36O5Si. The quantitative estimate of drug-likeness (QED) is 0.731. The fraction of sp³-hybridized carbons (Fsp3) is 0.727. The number of rotatable bonds is 5. The highest BCUT2D eigenvalue weighted by Crippen LogP contribution is 2.44. The molecule has 2 aliphatic heterocycles. The zero-order valence-electron chi connectivity index (χ0n) is 18.1. The minimum atomic E-state index is -2.00. The van der Waals surface area contributed by atoms with Gasteiger partial charge in [-0.1, -0.05) is 51.1 Å². The zero-order valence-corrected chi connectivity index (χ0v) is 19.1. The molecule has 2 fully saturated rings. The highest BCUT2D eigenvalue weighted by molar-refractivity contribution is 6.74. The SMILES string of the molecule is CC(C)(C)[Si](C)(C)O[C@@H]1C[C@@H]2OC(c3ccccc3)OC[C@H]2O[C@@]1(C)CCO. The molecule has 0 radical (unpaired) electrons. The van der Waals surface area contributed by atoms with Crippen LogP contribution < -0.4 is 0 Å². The van der Waals surface area contributed by atoms with Gasteiger partial charge in [-0.3, -0.25) is 0 Å². The fourth-order valence-corrected chi connectivity index (χ4v) is 5.12. The number of hydrogen-bond donors (Lipinski definition) is 1. The summed E-state index contributed by atoms with van der Waals surface area (Å²) in [5.41, 5.74) is 0.476. The summed E-state index contributed by atoms with van der Waals surface area (Å²) in [5, 5.41) is 9.76. The number of aliphatic hydroxyl groups is 1. The van der Waals surface area contributed by atoms with Crippen LogP contribution in [0.2, 0.25) is 18.1 Å². The van der Waals surface area contributed by atoms with Crippen molar-refractivity contribution in [3.63, 3.8) is 0 Å². The van der Waals surface area contributed by atoms with Crippen LogP contribution in [0.25, 0.3) is 0 Å². The fourth-order valence-electron chi connectivity index (χ4n) is 3.71. The molecule has 2 aliphatic rings. The van der Waals surface area contributed by atoms with E-state index in [0.717, 1.165) is 12.0 Å². The van der Waals surface area contributed by atoms with Crippen molar-refractivity contribution in [2.75, 3.05) is 13.2 Å². The van der Waals surface area contributed by atoms with Crippen molar-refractivity contribution in [1.29, 1.82) is 0 Å². The Balaban J connectivity index is 1.79. The summed E-state index contributed by atoms with van der Waals surface area (Å²) < 4.78 is 25.5. The predicted molar refractivity (Wildman–Crippen MR) is 112 cm³/mol. The second-order valence-corrected chi connectivity index (χ2v) is 14.6. The van der Waals surface area contributed by atoms with E-state index in [1.54, 1.807) is 0 Å². The smallest absolute Gasteiger partial charge is 0.192 e. The summed E-state index contributed by atoms with van der Waals surface area (Å²) in [6.45, 7) is 13.9. The lowest BCUT2D eigenvalue weighted by Gasteiger charge is -2.53. The largest absolute Gasteiger partial charge is 0.411 e. The van der Waals surface area contributed by atoms with Crippen molar-refractivity contribution in [3.05, 3.63) is 35.9 Å². The normalized spacial score (nSPS) is 34.1. The Labute approximate surface area is 170 Å². The second kappa shape index (κ2) is 8.17. The van der Waals surface area contributed by atoms with E-state index in [-0.39, 0.29) is 36.2 Å². The van der Waals surface area contributed by atoms with E-state index in [4.69, 9.17) is 18.6 Å². The van der Waals surface area contributed by atoms with Gasteiger partial charge >= 0.3 is 0 Å². The Bertz CT molecular complexity index is 644. The van der Waals surface area contributed by atoms with Gasteiger partial charge in [-0.05, 0) is 25.1 Å². The minimum absolute atomic E-state index is 0.0691. The molecule has 28 heavy (non-hydrogen) atoms. The van der Waals surface area contributed by atoms with Crippen LogP contribution in [0.3, 0.4) is 0 Å². The third-order valence-corrected chi connectivity index (χ3v) is 11.1. The Morgan fingerprint density at radius 3 is 2.46 bits per heavy atom. The first-order valence-electron chi connectivity index (χ1n) is 10.3. The molecule has 0 aliphatic carbocycles. The molecule has 1 unspecified atom stereocenters. The molecule has 3 rings (SSSR count). The standard InChI is InChI=1S/C22H36O5Si/c1-21(2,3)28(5,6)27-19-14-17-18(26-22(19,4)12-13-23)15-24-20(25-17)16-10-8-7-9-11-16/h7-11,17-20,23H,12-15H2,1-6H3/t17-,18+,19+,20?,22-/m0/s1. The van der Waals surface area contributed by atoms with Crippen LogP contribution in [0.5, 0.6) is 0 Å². The predicted octanol–water partition coefficient (Wildman–Crippen LogP) is 4.42.